The zero-order valence-corrected chi connectivity index (χ0v) is 17.1. The van der Waals surface area contributed by atoms with E-state index < -0.39 is 10.8 Å². The minimum absolute atomic E-state index is 0.0148. The molecule has 154 valence electrons. The summed E-state index contributed by atoms with van der Waals surface area (Å²) in [4.78, 5) is 28.4. The summed E-state index contributed by atoms with van der Waals surface area (Å²) >= 11 is 1.21. The minimum Gasteiger partial charge on any atom is -0.457 e. The van der Waals surface area contributed by atoms with Crippen molar-refractivity contribution >= 4 is 33.1 Å². The number of nitro groups is 1. The van der Waals surface area contributed by atoms with E-state index in [4.69, 9.17) is 4.74 Å². The van der Waals surface area contributed by atoms with Crippen LogP contribution in [0.4, 0.5) is 5.69 Å². The maximum absolute atomic E-state index is 13.0. The highest BCUT2D eigenvalue weighted by Gasteiger charge is 2.15. The van der Waals surface area contributed by atoms with Crippen LogP contribution in [0.3, 0.4) is 0 Å². The van der Waals surface area contributed by atoms with Crippen molar-refractivity contribution in [3.05, 3.63) is 106 Å². The number of hydrogen-bond donors (Lipinski definition) is 0. The Morgan fingerprint density at radius 3 is 2.61 bits per heavy atom. The molecule has 0 spiro atoms. The topological polar surface area (TPSA) is 86.7 Å². The summed E-state index contributed by atoms with van der Waals surface area (Å²) in [6.07, 6.45) is 1.68. The highest BCUT2D eigenvalue weighted by Crippen LogP contribution is 2.26. The molecule has 3 aromatic carbocycles. The summed E-state index contributed by atoms with van der Waals surface area (Å²) in [5.41, 5.74) is 1.05. The Morgan fingerprint density at radius 1 is 1.13 bits per heavy atom. The zero-order chi connectivity index (χ0) is 21.8. The predicted molar refractivity (Wildman–Crippen MR) is 120 cm³/mol. The Balaban J connectivity index is 1.78. The van der Waals surface area contributed by atoms with Gasteiger partial charge in [-0.05, 0) is 30.3 Å². The molecule has 1 amide bonds. The number of aromatic nitrogens is 1. The largest absolute Gasteiger partial charge is 0.457 e. The van der Waals surface area contributed by atoms with E-state index in [9.17, 15) is 14.9 Å². The van der Waals surface area contributed by atoms with Crippen molar-refractivity contribution in [3.8, 4) is 11.5 Å². The van der Waals surface area contributed by atoms with Gasteiger partial charge in [-0.2, -0.15) is 4.99 Å². The van der Waals surface area contributed by atoms with Crippen LogP contribution in [0, 0.1) is 10.1 Å². The van der Waals surface area contributed by atoms with Crippen LogP contribution in [0.5, 0.6) is 11.5 Å². The number of carbonyl (C=O) groups excluding carboxylic acids is 1. The molecular weight excluding hydrogens is 414 g/mol. The van der Waals surface area contributed by atoms with Crippen molar-refractivity contribution in [1.82, 2.24) is 4.57 Å². The van der Waals surface area contributed by atoms with Crippen LogP contribution < -0.4 is 9.54 Å². The number of carbonyl (C=O) groups is 1. The zero-order valence-electron chi connectivity index (χ0n) is 16.3. The SMILES string of the molecule is C=CCn1c(=NC(=O)c2ccccc2Oc2ccccc2)sc2cc([N+](=O)[O-])ccc21. The molecule has 1 aromatic heterocycles. The Bertz CT molecular complexity index is 1360. The Hall–Kier alpha value is -4.04. The first-order chi connectivity index (χ1) is 15.1. The highest BCUT2D eigenvalue weighted by molar-refractivity contribution is 7.16. The lowest BCUT2D eigenvalue weighted by Crippen LogP contribution is -2.16. The van der Waals surface area contributed by atoms with Crippen LogP contribution in [0.15, 0.2) is 90.4 Å². The molecule has 0 fully saturated rings. The molecule has 0 aliphatic rings. The molecule has 4 aromatic rings. The number of hydrogen-bond acceptors (Lipinski definition) is 5. The number of non-ortho nitro benzene ring substituents is 1. The van der Waals surface area contributed by atoms with Gasteiger partial charge >= 0.3 is 0 Å². The minimum atomic E-state index is -0.467. The van der Waals surface area contributed by atoms with Gasteiger partial charge in [-0.15, -0.1) is 6.58 Å². The third-order valence-electron chi connectivity index (χ3n) is 4.47. The Morgan fingerprint density at radius 2 is 1.87 bits per heavy atom. The van der Waals surface area contributed by atoms with Crippen LogP contribution in [-0.4, -0.2) is 15.4 Å². The first-order valence-corrected chi connectivity index (χ1v) is 10.2. The van der Waals surface area contributed by atoms with E-state index >= 15 is 0 Å². The summed E-state index contributed by atoms with van der Waals surface area (Å²) < 4.78 is 8.34. The predicted octanol–water partition coefficient (Wildman–Crippen LogP) is 5.33. The fourth-order valence-electron chi connectivity index (χ4n) is 3.06. The average molecular weight is 431 g/mol. The standard InChI is InChI=1S/C23H17N3O4S/c1-2-14-25-19-13-12-16(26(28)29)15-21(19)31-23(25)24-22(27)18-10-6-7-11-20(18)30-17-8-4-3-5-9-17/h2-13,15H,1,14H2. The monoisotopic (exact) mass is 431 g/mol. The van der Waals surface area contributed by atoms with Crippen LogP contribution in [0.25, 0.3) is 10.2 Å². The second-order valence-electron chi connectivity index (χ2n) is 6.52. The van der Waals surface area contributed by atoms with Gasteiger partial charge in [0.25, 0.3) is 11.6 Å². The molecule has 0 saturated heterocycles. The summed E-state index contributed by atoms with van der Waals surface area (Å²) in [6, 6.07) is 20.6. The molecule has 0 radical (unpaired) electrons. The van der Waals surface area contributed by atoms with Gasteiger partial charge in [-0.25, -0.2) is 0 Å². The molecule has 4 rings (SSSR count). The molecule has 7 nitrogen and oxygen atoms in total. The van der Waals surface area contributed by atoms with Crippen molar-refractivity contribution in [3.63, 3.8) is 0 Å². The number of benzene rings is 3. The van der Waals surface area contributed by atoms with E-state index in [2.05, 4.69) is 11.6 Å². The first kappa shape index (κ1) is 20.2. The molecule has 0 aliphatic heterocycles. The van der Waals surface area contributed by atoms with Gasteiger partial charge in [0.1, 0.15) is 11.5 Å². The third kappa shape index (κ3) is 4.29. The summed E-state index contributed by atoms with van der Waals surface area (Å²) in [6.45, 7) is 4.17. The van der Waals surface area contributed by atoms with Gasteiger partial charge in [0.2, 0.25) is 0 Å². The van der Waals surface area contributed by atoms with E-state index in [0.29, 0.717) is 33.1 Å². The van der Waals surface area contributed by atoms with E-state index in [1.54, 1.807) is 53.1 Å². The molecule has 0 N–H and O–H groups in total. The maximum Gasteiger partial charge on any atom is 0.283 e. The number of nitro benzene ring substituents is 1. The summed E-state index contributed by atoms with van der Waals surface area (Å²) in [5.74, 6) is 0.540. The fraction of sp³-hybridized carbons (Fsp3) is 0.0435. The van der Waals surface area contributed by atoms with E-state index in [1.165, 1.54) is 23.5 Å². The van der Waals surface area contributed by atoms with Gasteiger partial charge in [-0.3, -0.25) is 14.9 Å². The second-order valence-corrected chi connectivity index (χ2v) is 7.53. The number of fused-ring (bicyclic) bond motifs is 1. The number of ether oxygens (including phenoxy) is 1. The molecule has 0 saturated carbocycles. The second kappa shape index (κ2) is 8.76. The van der Waals surface area contributed by atoms with Gasteiger partial charge in [0.15, 0.2) is 4.80 Å². The number of thiazole rings is 1. The fourth-order valence-corrected chi connectivity index (χ4v) is 4.13. The van der Waals surface area contributed by atoms with Crippen molar-refractivity contribution in [1.29, 1.82) is 0 Å². The van der Waals surface area contributed by atoms with Gasteiger partial charge in [-0.1, -0.05) is 47.7 Å². The summed E-state index contributed by atoms with van der Waals surface area (Å²) in [5, 5.41) is 11.1. The molecular formula is C23H17N3O4S. The molecule has 31 heavy (non-hydrogen) atoms. The Labute approximate surface area is 181 Å². The lowest BCUT2D eigenvalue weighted by molar-refractivity contribution is -0.384. The van der Waals surface area contributed by atoms with Crippen LogP contribution in [-0.2, 0) is 6.54 Å². The van der Waals surface area contributed by atoms with Crippen LogP contribution in [0.1, 0.15) is 10.4 Å². The molecule has 0 atom stereocenters. The van der Waals surface area contributed by atoms with Gasteiger partial charge < -0.3 is 9.30 Å². The number of allylic oxidation sites excluding steroid dienone is 1. The first-order valence-electron chi connectivity index (χ1n) is 9.36. The summed E-state index contributed by atoms with van der Waals surface area (Å²) in [7, 11) is 0. The number of nitrogens with zero attached hydrogens (tertiary/aromatic N) is 3. The number of rotatable bonds is 6. The van der Waals surface area contributed by atoms with Gasteiger partial charge in [0, 0.05) is 18.7 Å². The van der Waals surface area contributed by atoms with Crippen molar-refractivity contribution in [2.24, 2.45) is 4.99 Å². The lowest BCUT2D eigenvalue weighted by Gasteiger charge is -2.08. The molecule has 0 aliphatic carbocycles. The molecule has 0 bridgehead atoms. The average Bonchev–Trinajstić information content (AvgIpc) is 3.11. The van der Waals surface area contributed by atoms with E-state index in [0.717, 1.165) is 5.52 Å². The lowest BCUT2D eigenvalue weighted by atomic mass is 10.2. The molecule has 1 heterocycles. The smallest absolute Gasteiger partial charge is 0.283 e. The molecule has 0 unspecified atom stereocenters. The normalized spacial score (nSPS) is 11.4. The van der Waals surface area contributed by atoms with E-state index in [1.807, 2.05) is 18.2 Å². The quantitative estimate of drug-likeness (QED) is 0.235. The van der Waals surface area contributed by atoms with Crippen molar-refractivity contribution < 1.29 is 14.5 Å². The maximum atomic E-state index is 13.0. The van der Waals surface area contributed by atoms with Crippen molar-refractivity contribution in [2.45, 2.75) is 6.54 Å². The van der Waals surface area contributed by atoms with Crippen LogP contribution in [0.2, 0.25) is 0 Å². The molecule has 8 heteroatoms. The van der Waals surface area contributed by atoms with Crippen LogP contribution >= 0.6 is 11.3 Å². The third-order valence-corrected chi connectivity index (χ3v) is 5.52. The van der Waals surface area contributed by atoms with Crippen molar-refractivity contribution in [2.75, 3.05) is 0 Å². The highest BCUT2D eigenvalue weighted by atomic mass is 32.1. The van der Waals surface area contributed by atoms with Gasteiger partial charge in [0.05, 0.1) is 20.7 Å². The van der Waals surface area contributed by atoms with E-state index in [-0.39, 0.29) is 5.69 Å². The number of para-hydroxylation sites is 2. The Kier molecular flexibility index (Phi) is 5.72. The number of amides is 1.